The first kappa shape index (κ1) is 14.0. The fourth-order valence-corrected chi connectivity index (χ4v) is 4.07. The lowest BCUT2D eigenvalue weighted by atomic mass is 9.82. The van der Waals surface area contributed by atoms with Crippen molar-refractivity contribution < 1.29 is 9.90 Å². The molecule has 0 bridgehead atoms. The predicted octanol–water partition coefficient (Wildman–Crippen LogP) is 3.48. The van der Waals surface area contributed by atoms with Crippen LogP contribution in [0.15, 0.2) is 0 Å². The van der Waals surface area contributed by atoms with Gasteiger partial charge in [0.15, 0.2) is 0 Å². The van der Waals surface area contributed by atoms with Gasteiger partial charge in [0, 0.05) is 5.92 Å². The van der Waals surface area contributed by atoms with Crippen LogP contribution in [0.2, 0.25) is 0 Å². The Morgan fingerprint density at radius 2 is 1.90 bits per heavy atom. The first-order valence-electron chi connectivity index (χ1n) is 7.69. The molecule has 110 valence electrons. The average molecular weight is 294 g/mol. The van der Waals surface area contributed by atoms with E-state index in [1.165, 1.54) is 43.4 Å². The highest BCUT2D eigenvalue weighted by molar-refractivity contribution is 7.13. The molecule has 0 radical (unpaired) electrons. The van der Waals surface area contributed by atoms with Crippen LogP contribution in [0, 0.1) is 0 Å². The Balaban J connectivity index is 1.73. The minimum Gasteiger partial charge on any atom is -0.477 e. The van der Waals surface area contributed by atoms with Gasteiger partial charge in [0.2, 0.25) is 0 Å². The van der Waals surface area contributed by atoms with Gasteiger partial charge in [-0.05, 0) is 38.8 Å². The lowest BCUT2D eigenvalue weighted by Gasteiger charge is -2.24. The topological polar surface area (TPSA) is 53.4 Å². The number of nitrogens with zero attached hydrogens (tertiary/aromatic N) is 2. The van der Waals surface area contributed by atoms with Crippen molar-refractivity contribution >= 4 is 17.3 Å². The molecule has 5 heteroatoms. The Hall–Kier alpha value is -0.940. The van der Waals surface area contributed by atoms with E-state index in [2.05, 4.69) is 9.88 Å². The van der Waals surface area contributed by atoms with Gasteiger partial charge < -0.3 is 5.11 Å². The second kappa shape index (κ2) is 6.22. The maximum atomic E-state index is 11.4. The molecule has 1 aliphatic carbocycles. The van der Waals surface area contributed by atoms with Crippen LogP contribution in [0.3, 0.4) is 0 Å². The fraction of sp³-hybridized carbons (Fsp3) is 0.733. The molecular weight excluding hydrogens is 272 g/mol. The van der Waals surface area contributed by atoms with Gasteiger partial charge in [0.25, 0.3) is 0 Å². The fourth-order valence-electron chi connectivity index (χ4n) is 3.04. The van der Waals surface area contributed by atoms with Crippen LogP contribution >= 0.6 is 11.3 Å². The number of thiazole rings is 1. The quantitative estimate of drug-likeness (QED) is 0.923. The van der Waals surface area contributed by atoms with Crippen LogP contribution in [0.1, 0.15) is 71.2 Å². The van der Waals surface area contributed by atoms with Crippen molar-refractivity contribution in [2.45, 2.75) is 57.4 Å². The Morgan fingerprint density at radius 3 is 2.45 bits per heavy atom. The van der Waals surface area contributed by atoms with Crippen molar-refractivity contribution in [3.05, 3.63) is 15.6 Å². The molecule has 20 heavy (non-hydrogen) atoms. The number of carbonyl (C=O) groups is 1. The number of carboxylic acid groups (broad SMARTS) is 1. The smallest absolute Gasteiger partial charge is 0.347 e. The molecule has 1 N–H and O–H groups in total. The molecule has 1 aliphatic heterocycles. The van der Waals surface area contributed by atoms with E-state index >= 15 is 0 Å². The molecule has 0 unspecified atom stereocenters. The summed E-state index contributed by atoms with van der Waals surface area (Å²) in [6.07, 6.45) is 8.58. The molecule has 1 saturated carbocycles. The molecule has 2 fully saturated rings. The summed E-state index contributed by atoms with van der Waals surface area (Å²) in [6.45, 7) is 3.08. The second-order valence-corrected chi connectivity index (χ2v) is 7.03. The summed E-state index contributed by atoms with van der Waals surface area (Å²) in [7, 11) is 0. The number of rotatable bonds is 4. The highest BCUT2D eigenvalue weighted by Gasteiger charge is 2.29. The SMILES string of the molecule is O=C(O)c1sc(CN2CCCCCC2)nc1C1CCC1. The standard InChI is InChI=1S/C15H22N2O2S/c18-15(19)14-13(11-6-5-7-11)16-12(20-14)10-17-8-3-1-2-4-9-17/h11H,1-10H2,(H,18,19). The minimum absolute atomic E-state index is 0.398. The summed E-state index contributed by atoms with van der Waals surface area (Å²) in [5.41, 5.74) is 0.860. The Kier molecular flexibility index (Phi) is 4.36. The van der Waals surface area contributed by atoms with Crippen LogP contribution < -0.4 is 0 Å². The lowest BCUT2D eigenvalue weighted by molar-refractivity contribution is 0.0699. The lowest BCUT2D eigenvalue weighted by Crippen LogP contribution is -2.24. The molecular formula is C15H22N2O2S. The molecule has 0 amide bonds. The first-order valence-corrected chi connectivity index (χ1v) is 8.51. The number of hydrogen-bond acceptors (Lipinski definition) is 4. The molecule has 0 spiro atoms. The van der Waals surface area contributed by atoms with E-state index in [0.717, 1.165) is 43.2 Å². The summed E-state index contributed by atoms with van der Waals surface area (Å²) in [5.74, 6) is -0.401. The first-order chi connectivity index (χ1) is 9.74. The highest BCUT2D eigenvalue weighted by atomic mass is 32.1. The van der Waals surface area contributed by atoms with E-state index in [1.54, 1.807) is 0 Å². The van der Waals surface area contributed by atoms with Crippen LogP contribution in [0.25, 0.3) is 0 Å². The van der Waals surface area contributed by atoms with Crippen molar-refractivity contribution in [2.75, 3.05) is 13.1 Å². The molecule has 1 aromatic rings. The monoisotopic (exact) mass is 294 g/mol. The largest absolute Gasteiger partial charge is 0.477 e. The van der Waals surface area contributed by atoms with E-state index in [4.69, 9.17) is 0 Å². The molecule has 2 heterocycles. The Bertz CT molecular complexity index is 474. The summed E-state index contributed by atoms with van der Waals surface area (Å²) in [5, 5.41) is 10.3. The van der Waals surface area contributed by atoms with Crippen molar-refractivity contribution in [3.63, 3.8) is 0 Å². The highest BCUT2D eigenvalue weighted by Crippen LogP contribution is 2.39. The van der Waals surface area contributed by atoms with Crippen molar-refractivity contribution in [1.29, 1.82) is 0 Å². The van der Waals surface area contributed by atoms with Crippen LogP contribution in [0.5, 0.6) is 0 Å². The van der Waals surface area contributed by atoms with Crippen molar-refractivity contribution in [2.24, 2.45) is 0 Å². The van der Waals surface area contributed by atoms with Gasteiger partial charge in [-0.1, -0.05) is 19.3 Å². The molecule has 3 rings (SSSR count). The third kappa shape index (κ3) is 3.04. The average Bonchev–Trinajstić information content (AvgIpc) is 2.57. The zero-order valence-electron chi connectivity index (χ0n) is 11.8. The maximum Gasteiger partial charge on any atom is 0.347 e. The summed E-state index contributed by atoms with van der Waals surface area (Å²) >= 11 is 1.39. The van der Waals surface area contributed by atoms with E-state index in [-0.39, 0.29) is 0 Å². The maximum absolute atomic E-state index is 11.4. The van der Waals surface area contributed by atoms with Gasteiger partial charge in [-0.25, -0.2) is 9.78 Å². The van der Waals surface area contributed by atoms with E-state index in [9.17, 15) is 9.90 Å². The number of hydrogen-bond donors (Lipinski definition) is 1. The van der Waals surface area contributed by atoms with Gasteiger partial charge >= 0.3 is 5.97 Å². The number of aromatic nitrogens is 1. The summed E-state index contributed by atoms with van der Waals surface area (Å²) < 4.78 is 0. The van der Waals surface area contributed by atoms with E-state index < -0.39 is 5.97 Å². The zero-order chi connectivity index (χ0) is 13.9. The van der Waals surface area contributed by atoms with Gasteiger partial charge in [-0.2, -0.15) is 0 Å². The molecule has 4 nitrogen and oxygen atoms in total. The van der Waals surface area contributed by atoms with Crippen molar-refractivity contribution in [3.8, 4) is 0 Å². The van der Waals surface area contributed by atoms with Gasteiger partial charge in [0.1, 0.15) is 9.88 Å². The van der Waals surface area contributed by atoms with Crippen LogP contribution in [0.4, 0.5) is 0 Å². The summed E-state index contributed by atoms with van der Waals surface area (Å²) in [4.78, 5) is 19.0. The predicted molar refractivity (Wildman–Crippen MR) is 79.4 cm³/mol. The van der Waals surface area contributed by atoms with Gasteiger partial charge in [-0.15, -0.1) is 11.3 Å². The number of carboxylic acids is 1. The number of aromatic carboxylic acids is 1. The third-order valence-corrected chi connectivity index (χ3v) is 5.49. The molecule has 2 aliphatic rings. The van der Waals surface area contributed by atoms with Crippen LogP contribution in [-0.2, 0) is 6.54 Å². The Labute approximate surface area is 123 Å². The molecule has 0 aromatic carbocycles. The van der Waals surface area contributed by atoms with Gasteiger partial charge in [-0.3, -0.25) is 4.90 Å². The van der Waals surface area contributed by atoms with Crippen LogP contribution in [-0.4, -0.2) is 34.0 Å². The third-order valence-electron chi connectivity index (χ3n) is 4.44. The minimum atomic E-state index is -0.800. The number of likely N-dealkylation sites (tertiary alicyclic amines) is 1. The van der Waals surface area contributed by atoms with Gasteiger partial charge in [0.05, 0.1) is 12.2 Å². The van der Waals surface area contributed by atoms with Crippen molar-refractivity contribution in [1.82, 2.24) is 9.88 Å². The van der Waals surface area contributed by atoms with E-state index in [0.29, 0.717) is 10.8 Å². The zero-order valence-corrected chi connectivity index (χ0v) is 12.6. The molecule has 0 atom stereocenters. The molecule has 1 aromatic heterocycles. The molecule has 1 saturated heterocycles. The normalized spacial score (nSPS) is 21.4. The Morgan fingerprint density at radius 1 is 1.20 bits per heavy atom. The second-order valence-electron chi connectivity index (χ2n) is 5.95. The van der Waals surface area contributed by atoms with E-state index in [1.807, 2.05) is 0 Å². The summed E-state index contributed by atoms with van der Waals surface area (Å²) in [6, 6.07) is 0.